The Hall–Kier alpha value is -2.05. The molecule has 7 nitrogen and oxygen atoms in total. The Morgan fingerprint density at radius 1 is 0.966 bits per heavy atom. The molecule has 0 unspecified atom stereocenters. The van der Waals surface area contributed by atoms with Gasteiger partial charge in [0.15, 0.2) is 0 Å². The predicted octanol–water partition coefficient (Wildman–Crippen LogP) is 3.99. The van der Waals surface area contributed by atoms with Gasteiger partial charge in [-0.25, -0.2) is 4.79 Å². The van der Waals surface area contributed by atoms with Crippen molar-refractivity contribution in [1.82, 2.24) is 19.6 Å². The molecule has 0 N–H and O–H groups in total. The quantitative estimate of drug-likeness (QED) is 0.747. The second-order valence-electron chi connectivity index (χ2n) is 10.3. The van der Waals surface area contributed by atoms with Gasteiger partial charge < -0.3 is 14.5 Å². The summed E-state index contributed by atoms with van der Waals surface area (Å²) in [6, 6.07) is 0. The summed E-state index contributed by atoms with van der Waals surface area (Å²) in [5.41, 5.74) is 1.06. The summed E-state index contributed by atoms with van der Waals surface area (Å²) in [5.74, 6) is 0.305. The molecular formula is C22H36N4O3. The maximum atomic E-state index is 13.2. The van der Waals surface area contributed by atoms with Gasteiger partial charge in [-0.05, 0) is 67.2 Å². The standard InChI is InChI=1S/C22H36N4O3/c1-21(2,3)26-18(17(15-23-26)19(27)24-11-7-8-12-24)16-9-13-25(14-10-16)20(28)29-22(4,5)6/h15-16H,7-14H2,1-6H3. The van der Waals surface area contributed by atoms with E-state index in [1.165, 1.54) is 0 Å². The minimum Gasteiger partial charge on any atom is -0.444 e. The molecule has 2 aliphatic rings. The third kappa shape index (κ3) is 4.93. The van der Waals surface area contributed by atoms with Crippen LogP contribution >= 0.6 is 0 Å². The number of nitrogens with zero attached hydrogens (tertiary/aromatic N) is 4. The number of rotatable bonds is 2. The van der Waals surface area contributed by atoms with Gasteiger partial charge in [0.2, 0.25) is 0 Å². The highest BCUT2D eigenvalue weighted by molar-refractivity contribution is 5.95. The lowest BCUT2D eigenvalue weighted by molar-refractivity contribution is 0.0201. The van der Waals surface area contributed by atoms with Crippen LogP contribution in [0.3, 0.4) is 0 Å². The second-order valence-corrected chi connectivity index (χ2v) is 10.3. The summed E-state index contributed by atoms with van der Waals surface area (Å²) in [7, 11) is 0. The molecule has 0 radical (unpaired) electrons. The van der Waals surface area contributed by atoms with E-state index >= 15 is 0 Å². The largest absolute Gasteiger partial charge is 0.444 e. The molecule has 29 heavy (non-hydrogen) atoms. The topological polar surface area (TPSA) is 67.7 Å². The zero-order chi connectivity index (χ0) is 21.4. The summed E-state index contributed by atoms with van der Waals surface area (Å²) in [5, 5.41) is 4.62. The Kier molecular flexibility index (Phi) is 5.97. The van der Waals surface area contributed by atoms with Gasteiger partial charge in [-0.3, -0.25) is 9.48 Å². The third-order valence-electron chi connectivity index (χ3n) is 5.60. The van der Waals surface area contributed by atoms with E-state index in [4.69, 9.17) is 4.74 Å². The normalized spacial score (nSPS) is 19.0. The van der Waals surface area contributed by atoms with Crippen LogP contribution in [0.15, 0.2) is 6.20 Å². The molecule has 3 rings (SSSR count). The van der Waals surface area contributed by atoms with E-state index in [1.807, 2.05) is 30.4 Å². The molecule has 7 heteroatoms. The van der Waals surface area contributed by atoms with Gasteiger partial charge in [-0.15, -0.1) is 0 Å². The fraction of sp³-hybridized carbons (Fsp3) is 0.773. The highest BCUT2D eigenvalue weighted by atomic mass is 16.6. The SMILES string of the molecule is CC(C)(C)OC(=O)N1CCC(c2c(C(=O)N3CCCC3)cnn2C(C)(C)C)CC1. The van der Waals surface area contributed by atoms with E-state index in [9.17, 15) is 9.59 Å². The molecule has 0 aliphatic carbocycles. The van der Waals surface area contributed by atoms with Gasteiger partial charge in [-0.1, -0.05) is 0 Å². The van der Waals surface area contributed by atoms with Crippen molar-refractivity contribution >= 4 is 12.0 Å². The van der Waals surface area contributed by atoms with Gasteiger partial charge in [-0.2, -0.15) is 5.10 Å². The molecule has 1 aromatic rings. The van der Waals surface area contributed by atoms with Crippen LogP contribution in [0.1, 0.15) is 89.2 Å². The van der Waals surface area contributed by atoms with E-state index < -0.39 is 5.60 Å². The molecule has 0 saturated carbocycles. The molecule has 2 amide bonds. The van der Waals surface area contributed by atoms with Gasteiger partial charge in [0.05, 0.1) is 23.0 Å². The fourth-order valence-corrected chi connectivity index (χ4v) is 4.20. The third-order valence-corrected chi connectivity index (χ3v) is 5.60. The predicted molar refractivity (Wildman–Crippen MR) is 112 cm³/mol. The lowest BCUT2D eigenvalue weighted by Gasteiger charge is -2.35. The Labute approximate surface area is 174 Å². The van der Waals surface area contributed by atoms with Crippen molar-refractivity contribution in [2.45, 2.75) is 84.3 Å². The van der Waals surface area contributed by atoms with Crippen LogP contribution in [0, 0.1) is 0 Å². The summed E-state index contributed by atoms with van der Waals surface area (Å²) < 4.78 is 7.54. The summed E-state index contributed by atoms with van der Waals surface area (Å²) in [6.07, 6.45) is 5.25. The fourth-order valence-electron chi connectivity index (χ4n) is 4.20. The number of carbonyl (C=O) groups is 2. The average molecular weight is 405 g/mol. The van der Waals surface area contributed by atoms with Crippen LogP contribution < -0.4 is 0 Å². The Morgan fingerprint density at radius 2 is 1.55 bits per heavy atom. The minimum atomic E-state index is -0.492. The Balaban J connectivity index is 1.80. The molecule has 162 valence electrons. The van der Waals surface area contributed by atoms with Crippen molar-refractivity contribution in [2.75, 3.05) is 26.2 Å². The molecule has 2 aliphatic heterocycles. The first-order chi connectivity index (χ1) is 13.5. The molecular weight excluding hydrogens is 368 g/mol. The van der Waals surface area contributed by atoms with Crippen LogP contribution in [-0.4, -0.2) is 63.4 Å². The lowest BCUT2D eigenvalue weighted by atomic mass is 9.90. The first kappa shape index (κ1) is 21.7. The number of piperidine rings is 1. The van der Waals surface area contributed by atoms with Crippen molar-refractivity contribution in [3.8, 4) is 0 Å². The molecule has 1 aromatic heterocycles. The van der Waals surface area contributed by atoms with Gasteiger partial charge in [0.1, 0.15) is 5.60 Å². The van der Waals surface area contributed by atoms with Gasteiger partial charge in [0.25, 0.3) is 5.91 Å². The summed E-state index contributed by atoms with van der Waals surface area (Å²) >= 11 is 0. The number of likely N-dealkylation sites (tertiary alicyclic amines) is 2. The highest BCUT2D eigenvalue weighted by Gasteiger charge is 2.35. The van der Waals surface area contributed by atoms with Crippen LogP contribution in [0.25, 0.3) is 0 Å². The number of amides is 2. The summed E-state index contributed by atoms with van der Waals surface area (Å²) in [6.45, 7) is 14.9. The van der Waals surface area contributed by atoms with Crippen LogP contribution in [0.4, 0.5) is 4.79 Å². The van der Waals surface area contributed by atoms with E-state index in [-0.39, 0.29) is 23.5 Å². The summed E-state index contributed by atoms with van der Waals surface area (Å²) in [4.78, 5) is 29.3. The number of hydrogen-bond donors (Lipinski definition) is 0. The van der Waals surface area contributed by atoms with Crippen molar-refractivity contribution in [3.63, 3.8) is 0 Å². The molecule has 0 spiro atoms. The van der Waals surface area contributed by atoms with Crippen molar-refractivity contribution in [3.05, 3.63) is 17.5 Å². The lowest BCUT2D eigenvalue weighted by Crippen LogP contribution is -2.42. The first-order valence-corrected chi connectivity index (χ1v) is 10.8. The maximum absolute atomic E-state index is 13.2. The van der Waals surface area contributed by atoms with E-state index in [2.05, 4.69) is 25.9 Å². The number of ether oxygens (including phenoxy) is 1. The second kappa shape index (κ2) is 8.00. The number of carbonyl (C=O) groups excluding carboxylic acids is 2. The number of hydrogen-bond acceptors (Lipinski definition) is 4. The molecule has 2 saturated heterocycles. The molecule has 0 bridgehead atoms. The van der Waals surface area contributed by atoms with Crippen LogP contribution in [-0.2, 0) is 10.3 Å². The van der Waals surface area contributed by atoms with E-state index in [0.29, 0.717) is 13.1 Å². The Morgan fingerprint density at radius 3 is 2.07 bits per heavy atom. The molecule has 3 heterocycles. The maximum Gasteiger partial charge on any atom is 0.410 e. The zero-order valence-electron chi connectivity index (χ0n) is 18.8. The van der Waals surface area contributed by atoms with Crippen molar-refractivity contribution in [1.29, 1.82) is 0 Å². The van der Waals surface area contributed by atoms with Crippen molar-refractivity contribution in [2.24, 2.45) is 0 Å². The monoisotopic (exact) mass is 404 g/mol. The minimum absolute atomic E-state index is 0.0996. The molecule has 2 fully saturated rings. The zero-order valence-corrected chi connectivity index (χ0v) is 18.8. The van der Waals surface area contributed by atoms with Gasteiger partial charge >= 0.3 is 6.09 Å². The van der Waals surface area contributed by atoms with Crippen molar-refractivity contribution < 1.29 is 14.3 Å². The van der Waals surface area contributed by atoms with Crippen LogP contribution in [0.2, 0.25) is 0 Å². The van der Waals surface area contributed by atoms with Crippen LogP contribution in [0.5, 0.6) is 0 Å². The number of aromatic nitrogens is 2. The first-order valence-electron chi connectivity index (χ1n) is 10.8. The average Bonchev–Trinajstić information content (AvgIpc) is 3.29. The van der Waals surface area contributed by atoms with Gasteiger partial charge in [0, 0.05) is 32.1 Å². The smallest absolute Gasteiger partial charge is 0.410 e. The molecule has 0 aromatic carbocycles. The van der Waals surface area contributed by atoms with E-state index in [1.54, 1.807) is 11.1 Å². The highest BCUT2D eigenvalue weighted by Crippen LogP contribution is 2.34. The van der Waals surface area contributed by atoms with E-state index in [0.717, 1.165) is 50.0 Å². The Bertz CT molecular complexity index is 743. The molecule has 0 atom stereocenters.